The Morgan fingerprint density at radius 3 is 2.62 bits per heavy atom. The molecule has 0 bridgehead atoms. The lowest BCUT2D eigenvalue weighted by Gasteiger charge is -2.25. The van der Waals surface area contributed by atoms with E-state index < -0.39 is 5.60 Å². The van der Waals surface area contributed by atoms with Gasteiger partial charge in [-0.15, -0.1) is 0 Å². The third kappa shape index (κ3) is 3.98. The lowest BCUT2D eigenvalue weighted by Crippen LogP contribution is -2.35. The van der Waals surface area contributed by atoms with Crippen LogP contribution >= 0.6 is 0 Å². The number of ether oxygens (including phenoxy) is 1. The van der Waals surface area contributed by atoms with E-state index in [1.807, 2.05) is 51.1 Å². The minimum atomic E-state index is -0.483. The molecule has 1 amide bonds. The second-order valence-electron chi connectivity index (χ2n) is 6.49. The van der Waals surface area contributed by atoms with Gasteiger partial charge in [-0.3, -0.25) is 0 Å². The quantitative estimate of drug-likeness (QED) is 0.835. The Hall–Kier alpha value is -2.02. The topological polar surface area (TPSA) is 53.3 Å². The molecule has 0 radical (unpaired) electrons. The first-order chi connectivity index (χ1) is 9.90. The van der Waals surface area contributed by atoms with E-state index in [4.69, 9.17) is 4.74 Å². The van der Waals surface area contributed by atoms with Crippen LogP contribution in [0.15, 0.2) is 30.3 Å². The van der Waals surface area contributed by atoms with Gasteiger partial charge < -0.3 is 9.64 Å². The zero-order valence-electron chi connectivity index (χ0n) is 12.9. The zero-order chi connectivity index (χ0) is 15.5. The number of nitrogens with zero attached hydrogens (tertiary/aromatic N) is 2. The number of carbonyl (C=O) groups excluding carboxylic acids is 1. The molecule has 4 heteroatoms. The van der Waals surface area contributed by atoms with Gasteiger partial charge in [0, 0.05) is 13.1 Å². The molecule has 0 aliphatic carbocycles. The Morgan fingerprint density at radius 2 is 2.05 bits per heavy atom. The van der Waals surface area contributed by atoms with Gasteiger partial charge in [-0.25, -0.2) is 4.79 Å². The summed E-state index contributed by atoms with van der Waals surface area (Å²) in [6.07, 6.45) is 0.557. The Morgan fingerprint density at radius 1 is 1.38 bits per heavy atom. The molecular weight excluding hydrogens is 264 g/mol. The van der Waals surface area contributed by atoms with Crippen LogP contribution in [0.2, 0.25) is 0 Å². The van der Waals surface area contributed by atoms with E-state index in [-0.39, 0.29) is 17.9 Å². The van der Waals surface area contributed by atoms with E-state index in [0.717, 1.165) is 12.0 Å². The predicted molar refractivity (Wildman–Crippen MR) is 80.7 cm³/mol. The van der Waals surface area contributed by atoms with E-state index in [1.165, 1.54) is 0 Å². The van der Waals surface area contributed by atoms with Gasteiger partial charge in [0.05, 0.1) is 12.0 Å². The van der Waals surface area contributed by atoms with Crippen molar-refractivity contribution < 1.29 is 9.53 Å². The number of hydrogen-bond donors (Lipinski definition) is 0. The summed E-state index contributed by atoms with van der Waals surface area (Å²) in [5.41, 5.74) is 0.541. The van der Waals surface area contributed by atoms with E-state index in [1.54, 1.807) is 4.90 Å². The number of amides is 1. The van der Waals surface area contributed by atoms with Gasteiger partial charge in [0.2, 0.25) is 0 Å². The highest BCUT2D eigenvalue weighted by Gasteiger charge is 2.34. The number of likely N-dealkylation sites (tertiary alicyclic amines) is 1. The highest BCUT2D eigenvalue weighted by molar-refractivity contribution is 5.68. The fourth-order valence-corrected chi connectivity index (χ4v) is 2.66. The summed E-state index contributed by atoms with van der Waals surface area (Å²) in [7, 11) is 0. The molecule has 112 valence electrons. The first-order valence-electron chi connectivity index (χ1n) is 7.33. The predicted octanol–water partition coefficient (Wildman–Crippen LogP) is 3.55. The largest absolute Gasteiger partial charge is 0.444 e. The molecule has 1 aromatic carbocycles. The van der Waals surface area contributed by atoms with Crippen LogP contribution in [0.4, 0.5) is 4.79 Å². The summed E-state index contributed by atoms with van der Waals surface area (Å²) >= 11 is 0. The van der Waals surface area contributed by atoms with Crippen LogP contribution in [0, 0.1) is 17.2 Å². The standard InChI is InChI=1S/C17H22N2O2/c1-17(2,3)21-16(20)19-10-9-14(12-19)15(11-18)13-7-5-4-6-8-13/h4-8,14-15H,9-10,12H2,1-3H3. The van der Waals surface area contributed by atoms with Crippen LogP contribution in [0.25, 0.3) is 0 Å². The number of nitriles is 1. The van der Waals surface area contributed by atoms with Gasteiger partial charge in [-0.05, 0) is 38.7 Å². The maximum Gasteiger partial charge on any atom is 0.410 e. The first-order valence-corrected chi connectivity index (χ1v) is 7.33. The van der Waals surface area contributed by atoms with Crippen molar-refractivity contribution in [2.24, 2.45) is 5.92 Å². The number of carbonyl (C=O) groups is 1. The Bertz CT molecular complexity index is 528. The minimum Gasteiger partial charge on any atom is -0.444 e. The average Bonchev–Trinajstić information content (AvgIpc) is 2.89. The smallest absolute Gasteiger partial charge is 0.410 e. The molecule has 2 unspecified atom stereocenters. The highest BCUT2D eigenvalue weighted by atomic mass is 16.6. The maximum absolute atomic E-state index is 12.1. The molecule has 1 aliphatic heterocycles. The molecule has 0 N–H and O–H groups in total. The molecule has 2 rings (SSSR count). The molecule has 1 fully saturated rings. The van der Waals surface area contributed by atoms with Crippen molar-refractivity contribution in [2.45, 2.75) is 38.7 Å². The van der Waals surface area contributed by atoms with E-state index >= 15 is 0 Å². The second kappa shape index (κ2) is 6.17. The number of hydrogen-bond acceptors (Lipinski definition) is 3. The highest BCUT2D eigenvalue weighted by Crippen LogP contribution is 2.32. The van der Waals surface area contributed by atoms with Crippen LogP contribution in [0.5, 0.6) is 0 Å². The van der Waals surface area contributed by atoms with Crippen molar-refractivity contribution in [3.05, 3.63) is 35.9 Å². The van der Waals surface area contributed by atoms with Crippen LogP contribution in [0.3, 0.4) is 0 Å². The fraction of sp³-hybridized carbons (Fsp3) is 0.529. The van der Waals surface area contributed by atoms with Gasteiger partial charge in [0.1, 0.15) is 5.60 Å². The van der Waals surface area contributed by atoms with Crippen molar-refractivity contribution in [2.75, 3.05) is 13.1 Å². The summed E-state index contributed by atoms with van der Waals surface area (Å²) in [5, 5.41) is 9.47. The van der Waals surface area contributed by atoms with E-state index in [9.17, 15) is 10.1 Å². The number of benzene rings is 1. The molecule has 4 nitrogen and oxygen atoms in total. The maximum atomic E-state index is 12.1. The molecule has 1 heterocycles. The normalized spacial score (nSPS) is 19.9. The van der Waals surface area contributed by atoms with Gasteiger partial charge in [-0.2, -0.15) is 5.26 Å². The Kier molecular flexibility index (Phi) is 4.52. The van der Waals surface area contributed by atoms with Gasteiger partial charge >= 0.3 is 6.09 Å². The molecule has 0 saturated carbocycles. The summed E-state index contributed by atoms with van der Waals surface area (Å²) in [6.45, 7) is 6.83. The lowest BCUT2D eigenvalue weighted by atomic mass is 9.87. The zero-order valence-corrected chi connectivity index (χ0v) is 12.9. The van der Waals surface area contributed by atoms with Crippen LogP contribution in [-0.2, 0) is 4.74 Å². The SMILES string of the molecule is CC(C)(C)OC(=O)N1CCC(C(C#N)c2ccccc2)C1. The summed E-state index contributed by atoms with van der Waals surface area (Å²) in [6, 6.07) is 12.2. The Balaban J connectivity index is 2.02. The first kappa shape index (κ1) is 15.4. The van der Waals surface area contributed by atoms with Gasteiger partial charge in [0.15, 0.2) is 0 Å². The van der Waals surface area contributed by atoms with Crippen molar-refractivity contribution in [3.63, 3.8) is 0 Å². The van der Waals surface area contributed by atoms with E-state index in [2.05, 4.69) is 6.07 Å². The Labute approximate surface area is 126 Å². The van der Waals surface area contributed by atoms with Crippen molar-refractivity contribution in [1.29, 1.82) is 5.26 Å². The molecule has 1 saturated heterocycles. The average molecular weight is 286 g/mol. The molecule has 1 aromatic rings. The minimum absolute atomic E-state index is 0.168. The van der Waals surface area contributed by atoms with Crippen molar-refractivity contribution in [3.8, 4) is 6.07 Å². The molecule has 0 spiro atoms. The van der Waals surface area contributed by atoms with Gasteiger partial charge in [0.25, 0.3) is 0 Å². The van der Waals surface area contributed by atoms with Crippen LogP contribution in [0.1, 0.15) is 38.7 Å². The number of rotatable bonds is 2. The lowest BCUT2D eigenvalue weighted by molar-refractivity contribution is 0.0287. The van der Waals surface area contributed by atoms with Gasteiger partial charge in [-0.1, -0.05) is 30.3 Å². The fourth-order valence-electron chi connectivity index (χ4n) is 2.66. The third-order valence-corrected chi connectivity index (χ3v) is 3.65. The molecular formula is C17H22N2O2. The van der Waals surface area contributed by atoms with Crippen molar-refractivity contribution >= 4 is 6.09 Å². The van der Waals surface area contributed by atoms with E-state index in [0.29, 0.717) is 13.1 Å². The van der Waals surface area contributed by atoms with Crippen molar-refractivity contribution in [1.82, 2.24) is 4.90 Å². The summed E-state index contributed by atoms with van der Waals surface area (Å²) in [5.74, 6) is 0.00329. The molecule has 2 atom stereocenters. The molecule has 1 aliphatic rings. The monoisotopic (exact) mass is 286 g/mol. The molecule has 21 heavy (non-hydrogen) atoms. The summed E-state index contributed by atoms with van der Waals surface area (Å²) < 4.78 is 5.39. The van der Waals surface area contributed by atoms with Crippen LogP contribution in [-0.4, -0.2) is 29.7 Å². The molecule has 0 aromatic heterocycles. The summed E-state index contributed by atoms with van der Waals surface area (Å²) in [4.78, 5) is 13.8. The third-order valence-electron chi connectivity index (χ3n) is 3.65. The van der Waals surface area contributed by atoms with Crippen LogP contribution < -0.4 is 0 Å². The second-order valence-corrected chi connectivity index (χ2v) is 6.49.